The number of likely N-dealkylation sites (N-methyl/N-ethyl adjacent to an activating group) is 1. The first kappa shape index (κ1) is 15.2. The van der Waals surface area contributed by atoms with Crippen molar-refractivity contribution in [2.24, 2.45) is 7.05 Å². The molecule has 0 saturated heterocycles. The van der Waals surface area contributed by atoms with Crippen LogP contribution in [0.2, 0.25) is 0 Å². The van der Waals surface area contributed by atoms with Crippen molar-refractivity contribution in [1.82, 2.24) is 29.8 Å². The molecule has 2 rings (SSSR count). The van der Waals surface area contributed by atoms with Crippen molar-refractivity contribution in [3.63, 3.8) is 0 Å². The second-order valence-electron chi connectivity index (χ2n) is 5.28. The third kappa shape index (κ3) is 4.71. The van der Waals surface area contributed by atoms with Gasteiger partial charge in [0.2, 0.25) is 5.91 Å². The van der Waals surface area contributed by atoms with Crippen LogP contribution in [0, 0.1) is 0 Å². The minimum atomic E-state index is 0.0613. The van der Waals surface area contributed by atoms with Gasteiger partial charge in [-0.3, -0.25) is 14.2 Å². The van der Waals surface area contributed by atoms with Crippen molar-refractivity contribution in [2.75, 3.05) is 13.6 Å². The van der Waals surface area contributed by atoms with Crippen molar-refractivity contribution < 1.29 is 4.79 Å². The SMILES string of the molecule is C[C@@H](Cn1cccn1)NCC(=O)N(C)Cc1cnn(C)c1. The molecule has 0 aromatic carbocycles. The molecule has 0 aliphatic carbocycles. The zero-order valence-corrected chi connectivity index (χ0v) is 12.7. The topological polar surface area (TPSA) is 68.0 Å². The standard InChI is InChI=1S/C14H22N6O/c1-12(9-20-6-4-5-16-20)15-8-14(21)18(2)10-13-7-17-19(3)11-13/h4-7,11-12,15H,8-10H2,1-3H3/t12-/m0/s1. The average Bonchev–Trinajstić information content (AvgIpc) is 3.08. The highest BCUT2D eigenvalue weighted by atomic mass is 16.2. The van der Waals surface area contributed by atoms with Gasteiger partial charge in [0.05, 0.1) is 19.3 Å². The Hall–Kier alpha value is -2.15. The normalized spacial score (nSPS) is 12.3. The third-order valence-electron chi connectivity index (χ3n) is 3.23. The maximum Gasteiger partial charge on any atom is 0.236 e. The first-order chi connectivity index (χ1) is 10.0. The van der Waals surface area contributed by atoms with Crippen molar-refractivity contribution in [3.8, 4) is 0 Å². The van der Waals surface area contributed by atoms with Crippen molar-refractivity contribution >= 4 is 5.91 Å². The van der Waals surface area contributed by atoms with Gasteiger partial charge in [-0.2, -0.15) is 10.2 Å². The van der Waals surface area contributed by atoms with Gasteiger partial charge < -0.3 is 10.2 Å². The van der Waals surface area contributed by atoms with Crippen molar-refractivity contribution in [2.45, 2.75) is 26.1 Å². The number of hydrogen-bond donors (Lipinski definition) is 1. The lowest BCUT2D eigenvalue weighted by Gasteiger charge is -2.19. The molecule has 2 aromatic rings. The van der Waals surface area contributed by atoms with E-state index in [2.05, 4.69) is 15.5 Å². The van der Waals surface area contributed by atoms with Gasteiger partial charge in [-0.05, 0) is 13.0 Å². The van der Waals surface area contributed by atoms with Crippen LogP contribution in [0.25, 0.3) is 0 Å². The molecule has 1 N–H and O–H groups in total. The summed E-state index contributed by atoms with van der Waals surface area (Å²) in [5.74, 6) is 0.0613. The summed E-state index contributed by atoms with van der Waals surface area (Å²) in [6.07, 6.45) is 7.35. The predicted octanol–water partition coefficient (Wildman–Crippen LogP) is 0.253. The number of carbonyl (C=O) groups excluding carboxylic acids is 1. The molecular formula is C14H22N6O. The highest BCUT2D eigenvalue weighted by Gasteiger charge is 2.12. The van der Waals surface area contributed by atoms with Crippen molar-refractivity contribution in [3.05, 3.63) is 36.4 Å². The summed E-state index contributed by atoms with van der Waals surface area (Å²) in [4.78, 5) is 13.8. The molecule has 21 heavy (non-hydrogen) atoms. The quantitative estimate of drug-likeness (QED) is 0.794. The van der Waals surface area contributed by atoms with E-state index in [1.54, 1.807) is 29.0 Å². The molecule has 0 bridgehead atoms. The van der Waals surface area contributed by atoms with Crippen LogP contribution in [0.5, 0.6) is 0 Å². The van der Waals surface area contributed by atoms with Crippen LogP contribution in [0.1, 0.15) is 12.5 Å². The number of aryl methyl sites for hydroxylation is 1. The number of hydrogen-bond acceptors (Lipinski definition) is 4. The summed E-state index contributed by atoms with van der Waals surface area (Å²) in [6.45, 7) is 3.67. The third-order valence-corrected chi connectivity index (χ3v) is 3.23. The van der Waals surface area contributed by atoms with Crippen molar-refractivity contribution in [1.29, 1.82) is 0 Å². The zero-order valence-electron chi connectivity index (χ0n) is 12.7. The van der Waals surface area contributed by atoms with E-state index in [-0.39, 0.29) is 11.9 Å². The zero-order chi connectivity index (χ0) is 15.2. The molecular weight excluding hydrogens is 268 g/mol. The van der Waals surface area contributed by atoms with Gasteiger partial charge in [0.25, 0.3) is 0 Å². The number of amides is 1. The number of rotatable bonds is 7. The Bertz CT molecular complexity index is 562. The molecule has 2 aromatic heterocycles. The van der Waals surface area contributed by atoms with Crippen LogP contribution >= 0.6 is 0 Å². The molecule has 7 heteroatoms. The number of carbonyl (C=O) groups is 1. The van der Waals surface area contributed by atoms with Gasteiger partial charge >= 0.3 is 0 Å². The minimum Gasteiger partial charge on any atom is -0.340 e. The summed E-state index contributed by atoms with van der Waals surface area (Å²) in [6, 6.07) is 2.07. The van der Waals surface area contributed by atoms with Gasteiger partial charge in [0.15, 0.2) is 0 Å². The molecule has 0 radical (unpaired) electrons. The fraction of sp³-hybridized carbons (Fsp3) is 0.500. The first-order valence-corrected chi connectivity index (χ1v) is 6.97. The Morgan fingerprint density at radius 3 is 2.90 bits per heavy atom. The maximum absolute atomic E-state index is 12.1. The summed E-state index contributed by atoms with van der Waals surface area (Å²) in [5.41, 5.74) is 1.03. The lowest BCUT2D eigenvalue weighted by molar-refractivity contribution is -0.129. The van der Waals surface area contributed by atoms with Crippen LogP contribution in [0.3, 0.4) is 0 Å². The lowest BCUT2D eigenvalue weighted by Crippen LogP contribution is -2.40. The van der Waals surface area contributed by atoms with E-state index >= 15 is 0 Å². The van der Waals surface area contributed by atoms with Crippen LogP contribution in [0.4, 0.5) is 0 Å². The molecule has 0 aliphatic rings. The van der Waals surface area contributed by atoms with Gasteiger partial charge in [0, 0.05) is 50.8 Å². The summed E-state index contributed by atoms with van der Waals surface area (Å²) >= 11 is 0. The maximum atomic E-state index is 12.1. The second-order valence-corrected chi connectivity index (χ2v) is 5.28. The van der Waals surface area contributed by atoms with Crippen LogP contribution < -0.4 is 5.32 Å². The molecule has 0 aliphatic heterocycles. The molecule has 0 fully saturated rings. The molecule has 0 saturated carbocycles. The fourth-order valence-electron chi connectivity index (χ4n) is 2.07. The smallest absolute Gasteiger partial charge is 0.236 e. The van der Waals surface area contributed by atoms with Gasteiger partial charge in [0.1, 0.15) is 0 Å². The minimum absolute atomic E-state index is 0.0613. The summed E-state index contributed by atoms with van der Waals surface area (Å²) < 4.78 is 3.58. The monoisotopic (exact) mass is 290 g/mol. The predicted molar refractivity (Wildman–Crippen MR) is 79.4 cm³/mol. The average molecular weight is 290 g/mol. The van der Waals surface area contributed by atoms with E-state index in [1.165, 1.54) is 0 Å². The largest absolute Gasteiger partial charge is 0.340 e. The molecule has 0 spiro atoms. The summed E-state index contributed by atoms with van der Waals surface area (Å²) in [7, 11) is 3.67. The molecule has 0 unspecified atom stereocenters. The van der Waals surface area contributed by atoms with E-state index in [4.69, 9.17) is 0 Å². The van der Waals surface area contributed by atoms with E-state index < -0.39 is 0 Å². The Morgan fingerprint density at radius 2 is 2.29 bits per heavy atom. The Morgan fingerprint density at radius 1 is 1.48 bits per heavy atom. The Balaban J connectivity index is 1.73. The van der Waals surface area contributed by atoms with Crippen LogP contribution in [-0.2, 0) is 24.9 Å². The number of nitrogens with one attached hydrogen (secondary N) is 1. The lowest BCUT2D eigenvalue weighted by atomic mass is 10.3. The second kappa shape index (κ2) is 7.03. The van der Waals surface area contributed by atoms with Crippen LogP contribution in [-0.4, -0.2) is 50.0 Å². The van der Waals surface area contributed by atoms with E-state index in [9.17, 15) is 4.79 Å². The van der Waals surface area contributed by atoms with E-state index in [1.807, 2.05) is 37.1 Å². The summed E-state index contributed by atoms with van der Waals surface area (Å²) in [5, 5.41) is 11.5. The Kier molecular flexibility index (Phi) is 5.10. The first-order valence-electron chi connectivity index (χ1n) is 6.97. The van der Waals surface area contributed by atoms with Gasteiger partial charge in [-0.25, -0.2) is 0 Å². The molecule has 1 amide bonds. The number of nitrogens with zero attached hydrogens (tertiary/aromatic N) is 5. The molecule has 2 heterocycles. The highest BCUT2D eigenvalue weighted by Crippen LogP contribution is 2.01. The van der Waals surface area contributed by atoms with Gasteiger partial charge in [-0.1, -0.05) is 0 Å². The molecule has 114 valence electrons. The Labute approximate surface area is 124 Å². The highest BCUT2D eigenvalue weighted by molar-refractivity contribution is 5.77. The van der Waals surface area contributed by atoms with E-state index in [0.717, 1.165) is 12.1 Å². The molecule has 7 nitrogen and oxygen atoms in total. The van der Waals surface area contributed by atoms with Gasteiger partial charge in [-0.15, -0.1) is 0 Å². The number of aromatic nitrogens is 4. The van der Waals surface area contributed by atoms with Crippen LogP contribution in [0.15, 0.2) is 30.9 Å². The molecule has 1 atom stereocenters. The fourth-order valence-corrected chi connectivity index (χ4v) is 2.07. The van der Waals surface area contributed by atoms with E-state index in [0.29, 0.717) is 13.1 Å².